The van der Waals surface area contributed by atoms with Gasteiger partial charge >= 0.3 is 0 Å². The number of hydrogen-bond acceptors (Lipinski definition) is 1. The summed E-state index contributed by atoms with van der Waals surface area (Å²) in [5.41, 5.74) is 5.41. The zero-order valence-corrected chi connectivity index (χ0v) is 20.5. The van der Waals surface area contributed by atoms with Crippen molar-refractivity contribution in [2.45, 2.75) is 34.1 Å². The second-order valence-corrected chi connectivity index (χ2v) is 11.2. The number of nitrogens with zero attached hydrogens (tertiary/aromatic N) is 2. The van der Waals surface area contributed by atoms with Crippen LogP contribution in [0.25, 0.3) is 64.9 Å². The Morgan fingerprint density at radius 1 is 0.735 bits per heavy atom. The van der Waals surface area contributed by atoms with E-state index in [0.29, 0.717) is 0 Å². The van der Waals surface area contributed by atoms with Crippen LogP contribution in [-0.4, -0.2) is 9.55 Å². The molecule has 0 aliphatic heterocycles. The maximum atomic E-state index is 4.97. The van der Waals surface area contributed by atoms with Crippen molar-refractivity contribution in [3.63, 3.8) is 0 Å². The molecule has 2 aromatic heterocycles. The minimum atomic E-state index is 0.251. The fourth-order valence-corrected chi connectivity index (χ4v) is 6.22. The van der Waals surface area contributed by atoms with Crippen molar-refractivity contribution in [2.24, 2.45) is 12.5 Å². The number of rotatable bonds is 1. The molecule has 2 nitrogen and oxygen atoms in total. The fraction of sp³-hybridized carbons (Fsp3) is 0.219. The average molecular weight is 441 g/mol. The molecule has 0 atom stereocenters. The highest BCUT2D eigenvalue weighted by molar-refractivity contribution is 6.40. The summed E-state index contributed by atoms with van der Waals surface area (Å²) in [6, 6.07) is 22.7. The van der Waals surface area contributed by atoms with Crippen molar-refractivity contribution >= 4 is 64.9 Å². The van der Waals surface area contributed by atoms with E-state index in [4.69, 9.17) is 4.98 Å². The van der Waals surface area contributed by atoms with E-state index in [2.05, 4.69) is 100.0 Å². The molecule has 0 unspecified atom stereocenters. The number of fused-ring (bicyclic) bond motifs is 7. The molecule has 0 saturated carbocycles. The molecule has 7 aromatic rings. The number of benzene rings is 5. The van der Waals surface area contributed by atoms with Crippen molar-refractivity contribution in [2.75, 3.05) is 0 Å². The summed E-state index contributed by atoms with van der Waals surface area (Å²) in [5.74, 6) is 0. The fourth-order valence-electron chi connectivity index (χ4n) is 6.22. The lowest BCUT2D eigenvalue weighted by Crippen LogP contribution is -2.09. The van der Waals surface area contributed by atoms with Gasteiger partial charge in [-0.25, -0.2) is 0 Å². The molecular weight excluding hydrogens is 412 g/mol. The molecular formula is C32H28N2. The Morgan fingerprint density at radius 3 is 2.21 bits per heavy atom. The van der Waals surface area contributed by atoms with Crippen LogP contribution in [0.3, 0.4) is 0 Å². The van der Waals surface area contributed by atoms with Gasteiger partial charge in [0, 0.05) is 45.9 Å². The third-order valence-corrected chi connectivity index (χ3v) is 7.66. The minimum absolute atomic E-state index is 0.251. The van der Waals surface area contributed by atoms with Gasteiger partial charge in [-0.3, -0.25) is 4.98 Å². The van der Waals surface area contributed by atoms with Gasteiger partial charge in [0.2, 0.25) is 0 Å². The molecule has 34 heavy (non-hydrogen) atoms. The summed E-state index contributed by atoms with van der Waals surface area (Å²) < 4.78 is 2.41. The van der Waals surface area contributed by atoms with Crippen LogP contribution in [0.1, 0.15) is 32.0 Å². The quantitative estimate of drug-likeness (QED) is 0.184. The lowest BCUT2D eigenvalue weighted by atomic mass is 9.86. The van der Waals surface area contributed by atoms with Gasteiger partial charge in [0.05, 0.1) is 11.0 Å². The van der Waals surface area contributed by atoms with Gasteiger partial charge in [0.1, 0.15) is 0 Å². The minimum Gasteiger partial charge on any atom is -0.347 e. The molecule has 0 amide bonds. The van der Waals surface area contributed by atoms with Crippen LogP contribution in [0.15, 0.2) is 66.9 Å². The predicted molar refractivity (Wildman–Crippen MR) is 147 cm³/mol. The molecule has 0 N–H and O–H groups in total. The smallest absolute Gasteiger partial charge is 0.0794 e. The van der Waals surface area contributed by atoms with E-state index in [-0.39, 0.29) is 5.41 Å². The summed E-state index contributed by atoms with van der Waals surface area (Å²) in [4.78, 5) is 4.97. The molecule has 7 rings (SSSR count). The lowest BCUT2D eigenvalue weighted by molar-refractivity contribution is 0.411. The summed E-state index contributed by atoms with van der Waals surface area (Å²) in [7, 11) is 2.23. The topological polar surface area (TPSA) is 17.8 Å². The average Bonchev–Trinajstić information content (AvgIpc) is 3.08. The van der Waals surface area contributed by atoms with E-state index < -0.39 is 0 Å². The molecule has 2 heterocycles. The van der Waals surface area contributed by atoms with Gasteiger partial charge < -0.3 is 4.57 Å². The van der Waals surface area contributed by atoms with E-state index in [9.17, 15) is 0 Å². The zero-order valence-electron chi connectivity index (χ0n) is 20.5. The third kappa shape index (κ3) is 2.54. The predicted octanol–water partition coefficient (Wildman–Crippen LogP) is 8.67. The highest BCUT2D eigenvalue weighted by Gasteiger charge is 2.23. The van der Waals surface area contributed by atoms with Crippen LogP contribution >= 0.6 is 0 Å². The summed E-state index contributed by atoms with van der Waals surface area (Å²) in [6.45, 7) is 9.22. The number of hydrogen-bond donors (Lipinski definition) is 0. The summed E-state index contributed by atoms with van der Waals surface area (Å²) in [5, 5.41) is 13.1. The van der Waals surface area contributed by atoms with Crippen LogP contribution < -0.4 is 0 Å². The van der Waals surface area contributed by atoms with Gasteiger partial charge in [0.25, 0.3) is 0 Å². The first kappa shape index (κ1) is 19.8. The Hall–Kier alpha value is -3.65. The van der Waals surface area contributed by atoms with Crippen molar-refractivity contribution in [3.05, 3.63) is 78.1 Å². The third-order valence-electron chi connectivity index (χ3n) is 7.66. The van der Waals surface area contributed by atoms with Gasteiger partial charge in [-0.1, -0.05) is 57.2 Å². The van der Waals surface area contributed by atoms with Gasteiger partial charge in [-0.05, 0) is 75.5 Å². The van der Waals surface area contributed by atoms with E-state index in [1.807, 2.05) is 6.20 Å². The van der Waals surface area contributed by atoms with Crippen LogP contribution in [0, 0.1) is 12.3 Å². The van der Waals surface area contributed by atoms with Gasteiger partial charge in [-0.15, -0.1) is 0 Å². The van der Waals surface area contributed by atoms with Crippen molar-refractivity contribution in [1.82, 2.24) is 9.55 Å². The first-order valence-electron chi connectivity index (χ1n) is 12.2. The van der Waals surface area contributed by atoms with Gasteiger partial charge in [0.15, 0.2) is 0 Å². The number of aryl methyl sites for hydroxylation is 2. The molecule has 166 valence electrons. The van der Waals surface area contributed by atoms with Crippen LogP contribution in [0.4, 0.5) is 0 Å². The second-order valence-electron chi connectivity index (χ2n) is 11.2. The van der Waals surface area contributed by atoms with E-state index in [1.54, 1.807) is 0 Å². The second kappa shape index (κ2) is 6.48. The number of pyridine rings is 1. The highest BCUT2D eigenvalue weighted by atomic mass is 14.9. The van der Waals surface area contributed by atoms with Gasteiger partial charge in [-0.2, -0.15) is 0 Å². The monoisotopic (exact) mass is 440 g/mol. The first-order chi connectivity index (χ1) is 16.3. The molecule has 0 saturated heterocycles. The Bertz CT molecular complexity index is 1930. The summed E-state index contributed by atoms with van der Waals surface area (Å²) in [6.07, 6.45) is 3.06. The standard InChI is InChI=1S/C32H28N2/c1-18-27-24-15-20-8-6-7-9-21(20)16-25(24)30-28-23(12-13-33-30)22-11-10-19(17-32(2,3)4)14-26(22)31(29(27)28)34(18)5/h6-16H,17H2,1-5H3. The first-order valence-corrected chi connectivity index (χ1v) is 12.2. The highest BCUT2D eigenvalue weighted by Crippen LogP contribution is 2.47. The van der Waals surface area contributed by atoms with E-state index in [1.165, 1.54) is 70.6 Å². The maximum absolute atomic E-state index is 4.97. The molecule has 2 heteroatoms. The Labute approximate surface area is 199 Å². The van der Waals surface area contributed by atoms with Crippen molar-refractivity contribution in [1.29, 1.82) is 0 Å². The molecule has 0 aliphatic carbocycles. The molecule has 0 spiro atoms. The molecule has 0 aliphatic rings. The Kier molecular flexibility index (Phi) is 3.77. The van der Waals surface area contributed by atoms with Crippen LogP contribution in [0.5, 0.6) is 0 Å². The largest absolute Gasteiger partial charge is 0.347 e. The molecule has 5 aromatic carbocycles. The van der Waals surface area contributed by atoms with E-state index >= 15 is 0 Å². The Balaban J connectivity index is 1.77. The zero-order chi connectivity index (χ0) is 23.4. The molecule has 0 fully saturated rings. The van der Waals surface area contributed by atoms with Crippen molar-refractivity contribution in [3.8, 4) is 0 Å². The SMILES string of the molecule is Cc1c2c3cc4ccccc4cc3c3nccc4c5ccc(CC(C)(C)C)cc5c(c2c43)n1C. The molecule has 0 bridgehead atoms. The lowest BCUT2D eigenvalue weighted by Gasteiger charge is -2.19. The number of aromatic nitrogens is 2. The Morgan fingerprint density at radius 2 is 1.47 bits per heavy atom. The molecule has 0 radical (unpaired) electrons. The van der Waals surface area contributed by atoms with Crippen molar-refractivity contribution < 1.29 is 0 Å². The van der Waals surface area contributed by atoms with E-state index in [0.717, 1.165) is 11.9 Å². The maximum Gasteiger partial charge on any atom is 0.0794 e. The normalized spacial score (nSPS) is 13.0. The summed E-state index contributed by atoms with van der Waals surface area (Å²) >= 11 is 0. The van der Waals surface area contributed by atoms with Crippen LogP contribution in [0.2, 0.25) is 0 Å². The van der Waals surface area contributed by atoms with Crippen LogP contribution in [-0.2, 0) is 13.5 Å².